The largest absolute Gasteiger partial charge is 0.439 e. The van der Waals surface area contributed by atoms with Crippen LogP contribution in [-0.2, 0) is 7.05 Å². The van der Waals surface area contributed by atoms with Crippen molar-refractivity contribution < 1.29 is 13.9 Å². The third-order valence-corrected chi connectivity index (χ3v) is 4.98. The quantitative estimate of drug-likeness (QED) is 0.676. The average Bonchev–Trinajstić information content (AvgIpc) is 3.15. The van der Waals surface area contributed by atoms with Crippen LogP contribution in [0.1, 0.15) is 40.6 Å². The number of aromatic nitrogens is 4. The number of halogens is 1. The minimum absolute atomic E-state index is 0.00189. The second-order valence-electron chi connectivity index (χ2n) is 7.23. The highest BCUT2D eigenvalue weighted by molar-refractivity contribution is 5.93. The number of carbonyl (C=O) groups excluding carboxylic acids is 1. The fraction of sp³-hybridized carbons (Fsp3) is 0.333. The molecule has 1 saturated heterocycles. The molecular formula is C21H22FN5O2. The van der Waals surface area contributed by atoms with E-state index in [2.05, 4.69) is 15.1 Å². The molecule has 1 aliphatic rings. The van der Waals surface area contributed by atoms with E-state index in [1.165, 1.54) is 12.1 Å². The smallest absolute Gasteiger partial charge is 0.257 e. The number of benzene rings is 1. The third kappa shape index (κ3) is 4.42. The zero-order valence-electron chi connectivity index (χ0n) is 16.4. The Bertz CT molecular complexity index is 1010. The molecule has 8 heteroatoms. The molecular weight excluding hydrogens is 373 g/mol. The van der Waals surface area contributed by atoms with Gasteiger partial charge < -0.3 is 9.64 Å². The van der Waals surface area contributed by atoms with Gasteiger partial charge in [-0.05, 0) is 44.0 Å². The Labute approximate surface area is 168 Å². The predicted octanol–water partition coefficient (Wildman–Crippen LogP) is 3.47. The Hall–Kier alpha value is -3.29. The van der Waals surface area contributed by atoms with E-state index in [1.54, 1.807) is 42.3 Å². The predicted molar refractivity (Wildman–Crippen MR) is 104 cm³/mol. The van der Waals surface area contributed by atoms with E-state index in [4.69, 9.17) is 4.74 Å². The average molecular weight is 395 g/mol. The van der Waals surface area contributed by atoms with Gasteiger partial charge >= 0.3 is 0 Å². The molecule has 29 heavy (non-hydrogen) atoms. The maximum atomic E-state index is 13.1. The SMILES string of the molecule is Cc1cc(Oc2ccc(F)cc2)nc(C2CCN(C(=O)c3cnn(C)c3)CC2)n1. The van der Waals surface area contributed by atoms with Crippen molar-refractivity contribution in [3.63, 3.8) is 0 Å². The molecule has 3 aromatic rings. The monoisotopic (exact) mass is 395 g/mol. The van der Waals surface area contributed by atoms with E-state index < -0.39 is 0 Å². The van der Waals surface area contributed by atoms with E-state index in [9.17, 15) is 9.18 Å². The first kappa shape index (κ1) is 19.0. The number of rotatable bonds is 4. The summed E-state index contributed by atoms with van der Waals surface area (Å²) in [6.07, 6.45) is 4.89. The highest BCUT2D eigenvalue weighted by Gasteiger charge is 2.27. The Morgan fingerprint density at radius 3 is 2.55 bits per heavy atom. The second-order valence-corrected chi connectivity index (χ2v) is 7.23. The van der Waals surface area contributed by atoms with E-state index in [0.717, 1.165) is 24.4 Å². The molecule has 1 aliphatic heterocycles. The molecule has 0 unspecified atom stereocenters. The summed E-state index contributed by atoms with van der Waals surface area (Å²) >= 11 is 0. The molecule has 0 spiro atoms. The van der Waals surface area contributed by atoms with Crippen molar-refractivity contribution in [1.82, 2.24) is 24.6 Å². The lowest BCUT2D eigenvalue weighted by atomic mass is 9.95. The first-order valence-electron chi connectivity index (χ1n) is 9.55. The molecule has 0 N–H and O–H groups in total. The number of hydrogen-bond donors (Lipinski definition) is 0. The highest BCUT2D eigenvalue weighted by Crippen LogP contribution is 2.29. The molecule has 150 valence electrons. The topological polar surface area (TPSA) is 73.1 Å². The summed E-state index contributed by atoms with van der Waals surface area (Å²) in [5, 5.41) is 4.07. The summed E-state index contributed by atoms with van der Waals surface area (Å²) < 4.78 is 20.5. The zero-order valence-corrected chi connectivity index (χ0v) is 16.4. The van der Waals surface area contributed by atoms with Crippen LogP contribution in [0.15, 0.2) is 42.7 Å². The number of amides is 1. The molecule has 0 aliphatic carbocycles. The van der Waals surface area contributed by atoms with Crippen LogP contribution in [-0.4, -0.2) is 43.6 Å². The maximum absolute atomic E-state index is 13.1. The zero-order chi connectivity index (χ0) is 20.4. The number of ether oxygens (including phenoxy) is 1. The van der Waals surface area contributed by atoms with Gasteiger partial charge in [0.25, 0.3) is 5.91 Å². The Morgan fingerprint density at radius 1 is 1.17 bits per heavy atom. The number of aryl methyl sites for hydroxylation is 2. The van der Waals surface area contributed by atoms with Crippen LogP contribution in [0.2, 0.25) is 0 Å². The standard InChI is InChI=1S/C21H22FN5O2/c1-14-11-19(29-18-5-3-17(22)4-6-18)25-20(24-14)15-7-9-27(10-8-15)21(28)16-12-23-26(2)13-16/h3-6,11-13,15H,7-10H2,1-2H3. The van der Waals surface area contributed by atoms with Gasteiger partial charge in [0.05, 0.1) is 11.8 Å². The molecule has 0 atom stereocenters. The van der Waals surface area contributed by atoms with Gasteiger partial charge in [-0.3, -0.25) is 9.48 Å². The molecule has 1 fully saturated rings. The van der Waals surface area contributed by atoms with Crippen LogP contribution in [0.3, 0.4) is 0 Å². The molecule has 2 aromatic heterocycles. The molecule has 3 heterocycles. The Morgan fingerprint density at radius 2 is 1.90 bits per heavy atom. The molecule has 7 nitrogen and oxygen atoms in total. The molecule has 0 radical (unpaired) electrons. The van der Waals surface area contributed by atoms with E-state index in [-0.39, 0.29) is 17.6 Å². The third-order valence-electron chi connectivity index (χ3n) is 4.98. The first-order valence-corrected chi connectivity index (χ1v) is 9.55. The number of nitrogens with zero attached hydrogens (tertiary/aromatic N) is 5. The maximum Gasteiger partial charge on any atom is 0.257 e. The molecule has 1 amide bonds. The first-order chi connectivity index (χ1) is 14.0. The van der Waals surface area contributed by atoms with Crippen LogP contribution in [0, 0.1) is 12.7 Å². The molecule has 0 bridgehead atoms. The minimum atomic E-state index is -0.315. The lowest BCUT2D eigenvalue weighted by Crippen LogP contribution is -2.38. The van der Waals surface area contributed by atoms with Crippen molar-refractivity contribution in [1.29, 1.82) is 0 Å². The summed E-state index contributed by atoms with van der Waals surface area (Å²) in [6.45, 7) is 3.18. The lowest BCUT2D eigenvalue weighted by Gasteiger charge is -2.31. The highest BCUT2D eigenvalue weighted by atomic mass is 19.1. The summed E-state index contributed by atoms with van der Waals surface area (Å²) in [5.41, 5.74) is 1.41. The van der Waals surface area contributed by atoms with Crippen molar-refractivity contribution in [3.8, 4) is 11.6 Å². The van der Waals surface area contributed by atoms with Crippen LogP contribution >= 0.6 is 0 Å². The number of piperidine rings is 1. The number of hydrogen-bond acceptors (Lipinski definition) is 5. The fourth-order valence-electron chi connectivity index (χ4n) is 3.48. The molecule has 1 aromatic carbocycles. The Balaban J connectivity index is 1.43. The van der Waals surface area contributed by atoms with Gasteiger partial charge in [-0.1, -0.05) is 0 Å². The van der Waals surface area contributed by atoms with Gasteiger partial charge in [0.1, 0.15) is 17.4 Å². The van der Waals surface area contributed by atoms with Crippen LogP contribution in [0.5, 0.6) is 11.6 Å². The summed E-state index contributed by atoms with van der Waals surface area (Å²) in [5.74, 6) is 1.52. The van der Waals surface area contributed by atoms with Crippen LogP contribution < -0.4 is 4.74 Å². The number of likely N-dealkylation sites (tertiary alicyclic amines) is 1. The van der Waals surface area contributed by atoms with Gasteiger partial charge in [-0.2, -0.15) is 10.1 Å². The minimum Gasteiger partial charge on any atom is -0.439 e. The fourth-order valence-corrected chi connectivity index (χ4v) is 3.48. The molecule has 4 rings (SSSR count). The van der Waals surface area contributed by atoms with Gasteiger partial charge in [0, 0.05) is 44.0 Å². The summed E-state index contributed by atoms with van der Waals surface area (Å²) in [7, 11) is 1.80. The van der Waals surface area contributed by atoms with Crippen molar-refractivity contribution in [2.45, 2.75) is 25.7 Å². The van der Waals surface area contributed by atoms with Gasteiger partial charge in [0.15, 0.2) is 0 Å². The van der Waals surface area contributed by atoms with E-state index in [0.29, 0.717) is 30.3 Å². The molecule has 0 saturated carbocycles. The van der Waals surface area contributed by atoms with Crippen molar-refractivity contribution in [2.75, 3.05) is 13.1 Å². The van der Waals surface area contributed by atoms with E-state index >= 15 is 0 Å². The van der Waals surface area contributed by atoms with Crippen molar-refractivity contribution >= 4 is 5.91 Å². The second kappa shape index (κ2) is 7.98. The van der Waals surface area contributed by atoms with Gasteiger partial charge in [-0.25, -0.2) is 9.37 Å². The number of carbonyl (C=O) groups is 1. The summed E-state index contributed by atoms with van der Waals surface area (Å²) in [4.78, 5) is 23.6. The van der Waals surface area contributed by atoms with Gasteiger partial charge in [0.2, 0.25) is 5.88 Å². The van der Waals surface area contributed by atoms with E-state index in [1.807, 2.05) is 11.8 Å². The Kier molecular flexibility index (Phi) is 5.24. The normalized spacial score (nSPS) is 14.8. The van der Waals surface area contributed by atoms with Gasteiger partial charge in [-0.15, -0.1) is 0 Å². The van der Waals surface area contributed by atoms with Crippen LogP contribution in [0.25, 0.3) is 0 Å². The lowest BCUT2D eigenvalue weighted by molar-refractivity contribution is 0.0710. The summed E-state index contributed by atoms with van der Waals surface area (Å²) in [6, 6.07) is 7.58. The van der Waals surface area contributed by atoms with Crippen molar-refractivity contribution in [2.24, 2.45) is 7.05 Å². The van der Waals surface area contributed by atoms with Crippen molar-refractivity contribution in [3.05, 3.63) is 65.6 Å². The van der Waals surface area contributed by atoms with Crippen LogP contribution in [0.4, 0.5) is 4.39 Å².